The normalized spacial score (nSPS) is 23.5. The average Bonchev–Trinajstić information content (AvgIpc) is 2.99. The first-order valence-corrected chi connectivity index (χ1v) is 10.2. The van der Waals surface area contributed by atoms with E-state index >= 15 is 0 Å². The standard InChI is InChI=1S/C19H21N3O3S/c23-18-13-22(11-10-20-18)19-16-9-5-4-6-14(16)12-17(19)21-26(24,25)15-7-2-1-3-8-15/h1-9,17,19,21H,10-13H2,(H,20,23)/t17-,19+/m0/s1. The number of hydrogen-bond donors (Lipinski definition) is 2. The van der Waals surface area contributed by atoms with Crippen LogP contribution in [0.15, 0.2) is 59.5 Å². The SMILES string of the molecule is O=C1CN([C@@H]2c3ccccc3C[C@@H]2NS(=O)(=O)c2ccccc2)CCN1. The Hall–Kier alpha value is -2.22. The molecule has 2 aliphatic rings. The van der Waals surface area contributed by atoms with Crippen molar-refractivity contribution in [2.24, 2.45) is 0 Å². The maximum Gasteiger partial charge on any atom is 0.240 e. The lowest BCUT2D eigenvalue weighted by atomic mass is 10.0. The van der Waals surface area contributed by atoms with Crippen LogP contribution in [0.3, 0.4) is 0 Å². The predicted octanol–water partition coefficient (Wildman–Crippen LogP) is 1.06. The van der Waals surface area contributed by atoms with Gasteiger partial charge >= 0.3 is 0 Å². The summed E-state index contributed by atoms with van der Waals surface area (Å²) in [4.78, 5) is 14.2. The molecule has 1 amide bonds. The Bertz CT molecular complexity index is 915. The zero-order chi connectivity index (χ0) is 18.1. The van der Waals surface area contributed by atoms with Crippen molar-refractivity contribution in [3.63, 3.8) is 0 Å². The van der Waals surface area contributed by atoms with Crippen molar-refractivity contribution in [1.29, 1.82) is 0 Å². The third-order valence-corrected chi connectivity index (χ3v) is 6.52. The minimum absolute atomic E-state index is 0.0229. The van der Waals surface area contributed by atoms with E-state index in [4.69, 9.17) is 0 Å². The molecular formula is C19H21N3O3S. The van der Waals surface area contributed by atoms with E-state index in [1.807, 2.05) is 24.3 Å². The fraction of sp³-hybridized carbons (Fsp3) is 0.316. The van der Waals surface area contributed by atoms with Gasteiger partial charge in [0.2, 0.25) is 15.9 Å². The Balaban J connectivity index is 1.65. The minimum Gasteiger partial charge on any atom is -0.354 e. The summed E-state index contributed by atoms with van der Waals surface area (Å²) in [5.74, 6) is -0.0229. The van der Waals surface area contributed by atoms with Crippen LogP contribution in [0.5, 0.6) is 0 Å². The topological polar surface area (TPSA) is 78.5 Å². The molecular weight excluding hydrogens is 350 g/mol. The molecule has 1 saturated heterocycles. The highest BCUT2D eigenvalue weighted by Crippen LogP contribution is 2.36. The molecule has 2 atom stereocenters. The zero-order valence-corrected chi connectivity index (χ0v) is 15.1. The van der Waals surface area contributed by atoms with Gasteiger partial charge in [-0.05, 0) is 29.7 Å². The molecule has 2 N–H and O–H groups in total. The number of amides is 1. The highest BCUT2D eigenvalue weighted by molar-refractivity contribution is 7.89. The summed E-state index contributed by atoms with van der Waals surface area (Å²) < 4.78 is 28.5. The van der Waals surface area contributed by atoms with E-state index in [9.17, 15) is 13.2 Å². The average molecular weight is 371 g/mol. The lowest BCUT2D eigenvalue weighted by Crippen LogP contribution is -2.53. The van der Waals surface area contributed by atoms with E-state index in [0.717, 1.165) is 11.1 Å². The quantitative estimate of drug-likeness (QED) is 0.843. The number of hydrogen-bond acceptors (Lipinski definition) is 4. The highest BCUT2D eigenvalue weighted by Gasteiger charge is 2.40. The fourth-order valence-corrected chi connectivity index (χ4v) is 5.16. The number of rotatable bonds is 4. The van der Waals surface area contributed by atoms with Crippen molar-refractivity contribution in [2.75, 3.05) is 19.6 Å². The third-order valence-electron chi connectivity index (χ3n) is 5.02. The number of nitrogens with one attached hydrogen (secondary N) is 2. The van der Waals surface area contributed by atoms with Crippen LogP contribution < -0.4 is 10.0 Å². The smallest absolute Gasteiger partial charge is 0.240 e. The minimum atomic E-state index is -3.62. The first-order valence-electron chi connectivity index (χ1n) is 8.70. The molecule has 2 aromatic carbocycles. The Labute approximate surface area is 153 Å². The lowest BCUT2D eigenvalue weighted by molar-refractivity contribution is -0.125. The van der Waals surface area contributed by atoms with Crippen molar-refractivity contribution < 1.29 is 13.2 Å². The first-order chi connectivity index (χ1) is 12.5. The molecule has 1 heterocycles. The Morgan fingerprint density at radius 2 is 1.77 bits per heavy atom. The molecule has 26 heavy (non-hydrogen) atoms. The van der Waals surface area contributed by atoms with E-state index in [1.54, 1.807) is 30.3 Å². The van der Waals surface area contributed by atoms with Crippen LogP contribution in [0.1, 0.15) is 17.2 Å². The number of carbonyl (C=O) groups excluding carboxylic acids is 1. The van der Waals surface area contributed by atoms with Gasteiger partial charge in [-0.25, -0.2) is 13.1 Å². The van der Waals surface area contributed by atoms with Gasteiger partial charge in [-0.1, -0.05) is 42.5 Å². The van der Waals surface area contributed by atoms with Gasteiger partial charge in [0, 0.05) is 19.1 Å². The summed E-state index contributed by atoms with van der Waals surface area (Å²) in [6.45, 7) is 1.56. The molecule has 1 aliphatic carbocycles. The second kappa shape index (κ2) is 6.83. The van der Waals surface area contributed by atoms with E-state index in [0.29, 0.717) is 19.5 Å². The van der Waals surface area contributed by atoms with Gasteiger partial charge in [-0.3, -0.25) is 9.69 Å². The van der Waals surface area contributed by atoms with Gasteiger partial charge in [-0.2, -0.15) is 0 Å². The molecule has 7 heteroatoms. The van der Waals surface area contributed by atoms with E-state index < -0.39 is 10.0 Å². The van der Waals surface area contributed by atoms with Crippen molar-refractivity contribution in [3.05, 3.63) is 65.7 Å². The summed E-state index contributed by atoms with van der Waals surface area (Å²) in [6, 6.07) is 15.9. The number of sulfonamides is 1. The summed E-state index contributed by atoms with van der Waals surface area (Å²) >= 11 is 0. The molecule has 0 spiro atoms. The van der Waals surface area contributed by atoms with Crippen LogP contribution in [0, 0.1) is 0 Å². The summed E-state index contributed by atoms with van der Waals surface area (Å²) in [5, 5.41) is 2.83. The number of carbonyl (C=O) groups is 1. The van der Waals surface area contributed by atoms with Crippen LogP contribution in [-0.4, -0.2) is 44.9 Å². The number of benzene rings is 2. The maximum absolute atomic E-state index is 12.8. The van der Waals surface area contributed by atoms with Crippen LogP contribution in [0.25, 0.3) is 0 Å². The highest BCUT2D eigenvalue weighted by atomic mass is 32.2. The monoisotopic (exact) mass is 371 g/mol. The van der Waals surface area contributed by atoms with Crippen molar-refractivity contribution in [2.45, 2.75) is 23.4 Å². The fourth-order valence-electron chi connectivity index (χ4n) is 3.89. The number of fused-ring (bicyclic) bond motifs is 1. The van der Waals surface area contributed by atoms with Crippen LogP contribution >= 0.6 is 0 Å². The summed E-state index contributed by atoms with van der Waals surface area (Å²) in [7, 11) is -3.62. The van der Waals surface area contributed by atoms with Crippen molar-refractivity contribution in [1.82, 2.24) is 14.9 Å². The molecule has 1 fully saturated rings. The zero-order valence-electron chi connectivity index (χ0n) is 14.3. The van der Waals surface area contributed by atoms with Gasteiger partial charge in [0.25, 0.3) is 0 Å². The Kier molecular flexibility index (Phi) is 4.52. The van der Waals surface area contributed by atoms with Gasteiger partial charge in [0.15, 0.2) is 0 Å². The Morgan fingerprint density at radius 3 is 2.54 bits per heavy atom. The molecule has 0 radical (unpaired) electrons. The molecule has 0 unspecified atom stereocenters. The van der Waals surface area contributed by atoms with Gasteiger partial charge in [0.05, 0.1) is 17.5 Å². The summed E-state index contributed by atoms with van der Waals surface area (Å²) in [6.07, 6.45) is 0.616. The molecule has 4 rings (SSSR count). The Morgan fingerprint density at radius 1 is 1.04 bits per heavy atom. The van der Waals surface area contributed by atoms with Crippen LogP contribution in [0.4, 0.5) is 0 Å². The van der Waals surface area contributed by atoms with E-state index in [1.165, 1.54) is 0 Å². The second-order valence-corrected chi connectivity index (χ2v) is 8.42. The summed E-state index contributed by atoms with van der Waals surface area (Å²) in [5.41, 5.74) is 2.23. The predicted molar refractivity (Wildman–Crippen MR) is 98.0 cm³/mol. The molecule has 1 aliphatic heterocycles. The van der Waals surface area contributed by atoms with E-state index in [2.05, 4.69) is 14.9 Å². The number of piperazine rings is 1. The van der Waals surface area contributed by atoms with Crippen LogP contribution in [-0.2, 0) is 21.2 Å². The third kappa shape index (κ3) is 3.25. The van der Waals surface area contributed by atoms with Crippen LogP contribution in [0.2, 0.25) is 0 Å². The first kappa shape index (κ1) is 17.2. The maximum atomic E-state index is 12.8. The van der Waals surface area contributed by atoms with E-state index in [-0.39, 0.29) is 29.4 Å². The lowest BCUT2D eigenvalue weighted by Gasteiger charge is -2.36. The second-order valence-electron chi connectivity index (χ2n) is 6.71. The van der Waals surface area contributed by atoms with Gasteiger partial charge < -0.3 is 5.32 Å². The molecule has 136 valence electrons. The molecule has 0 saturated carbocycles. The molecule has 0 bridgehead atoms. The molecule has 2 aromatic rings. The molecule has 6 nitrogen and oxygen atoms in total. The van der Waals surface area contributed by atoms with Gasteiger partial charge in [0.1, 0.15) is 0 Å². The van der Waals surface area contributed by atoms with Crippen molar-refractivity contribution in [3.8, 4) is 0 Å². The van der Waals surface area contributed by atoms with Gasteiger partial charge in [-0.15, -0.1) is 0 Å². The van der Waals surface area contributed by atoms with Crippen molar-refractivity contribution >= 4 is 15.9 Å². The molecule has 0 aromatic heterocycles. The largest absolute Gasteiger partial charge is 0.354 e. The number of nitrogens with zero attached hydrogens (tertiary/aromatic N) is 1.